The molecule has 0 aliphatic carbocycles. The second kappa shape index (κ2) is 7.24. The topological polar surface area (TPSA) is 47.9 Å². The summed E-state index contributed by atoms with van der Waals surface area (Å²) < 4.78 is 45.8. The largest absolute Gasteiger partial charge is 0.414 e. The minimum atomic E-state index is -3.04. The van der Waals surface area contributed by atoms with E-state index in [1.807, 2.05) is 47.7 Å². The second-order valence-electron chi connectivity index (χ2n) is 9.75. The predicted molar refractivity (Wildman–Crippen MR) is 102 cm³/mol. The molecule has 0 unspecified atom stereocenters. The maximum absolute atomic E-state index is 14.1. The molecule has 4 nitrogen and oxygen atoms in total. The smallest absolute Gasteiger partial charge is 0.271 e. The van der Waals surface area contributed by atoms with Gasteiger partial charge in [-0.1, -0.05) is 32.4 Å². The normalized spacial score (nSPS) is 28.9. The highest BCUT2D eigenvalue weighted by molar-refractivity contribution is 6.74. The third-order valence-corrected chi connectivity index (χ3v) is 9.74. The van der Waals surface area contributed by atoms with Crippen LogP contribution in [0.25, 0.3) is 0 Å². The quantitative estimate of drug-likeness (QED) is 0.515. The van der Waals surface area contributed by atoms with Gasteiger partial charge in [-0.05, 0) is 52.8 Å². The number of rotatable bonds is 6. The van der Waals surface area contributed by atoms with Gasteiger partial charge in [0.1, 0.15) is 11.7 Å². The lowest BCUT2D eigenvalue weighted by Crippen LogP contribution is -2.61. The van der Waals surface area contributed by atoms with E-state index in [4.69, 9.17) is 13.9 Å². The van der Waals surface area contributed by atoms with Gasteiger partial charge in [-0.3, -0.25) is 0 Å². The van der Waals surface area contributed by atoms with Crippen LogP contribution < -0.4 is 0 Å². The molecule has 0 aromatic carbocycles. The SMILES string of the molecule is CC(C)=C[C@]1(C)OC(C)(C)O[C@@H]1[C@](O)(CO[Si](C)(C)C(C)(C)C)C(F)F. The lowest BCUT2D eigenvalue weighted by Gasteiger charge is -2.42. The number of aliphatic hydroxyl groups is 1. The Morgan fingerprint density at radius 3 is 2.12 bits per heavy atom. The molecule has 1 aliphatic heterocycles. The highest BCUT2D eigenvalue weighted by atomic mass is 28.4. The third-order valence-electron chi connectivity index (χ3n) is 5.27. The summed E-state index contributed by atoms with van der Waals surface area (Å²) in [5.74, 6) is -1.09. The zero-order chi connectivity index (χ0) is 20.8. The molecule has 0 saturated carbocycles. The Hall–Kier alpha value is -0.343. The van der Waals surface area contributed by atoms with E-state index >= 15 is 0 Å². The fourth-order valence-corrected chi connectivity index (χ4v) is 4.08. The molecule has 0 aromatic rings. The summed E-state index contributed by atoms with van der Waals surface area (Å²) in [6, 6.07) is 0. The maximum Gasteiger partial charge on any atom is 0.271 e. The number of allylic oxidation sites excluding steroid dienone is 1. The van der Waals surface area contributed by atoms with Crippen LogP contribution in [0, 0.1) is 0 Å². The summed E-state index contributed by atoms with van der Waals surface area (Å²) >= 11 is 0. The average molecular weight is 395 g/mol. The van der Waals surface area contributed by atoms with Crippen LogP contribution in [0.2, 0.25) is 18.1 Å². The summed E-state index contributed by atoms with van der Waals surface area (Å²) in [7, 11) is -2.33. The van der Waals surface area contributed by atoms with Crippen molar-refractivity contribution in [2.24, 2.45) is 0 Å². The summed E-state index contributed by atoms with van der Waals surface area (Å²) in [6.07, 6.45) is -2.57. The second-order valence-corrected chi connectivity index (χ2v) is 14.6. The van der Waals surface area contributed by atoms with Crippen LogP contribution in [-0.2, 0) is 13.9 Å². The lowest BCUT2D eigenvalue weighted by molar-refractivity contribution is -0.212. The van der Waals surface area contributed by atoms with E-state index in [-0.39, 0.29) is 5.04 Å². The molecular weight excluding hydrogens is 358 g/mol. The van der Waals surface area contributed by atoms with Crippen molar-refractivity contribution in [2.45, 2.75) is 103 Å². The minimum absolute atomic E-state index is 0.161. The van der Waals surface area contributed by atoms with E-state index in [2.05, 4.69) is 0 Å². The Bertz CT molecular complexity index is 538. The van der Waals surface area contributed by atoms with Crippen molar-refractivity contribution in [3.63, 3.8) is 0 Å². The van der Waals surface area contributed by atoms with Crippen molar-refractivity contribution < 1.29 is 27.8 Å². The van der Waals surface area contributed by atoms with Crippen molar-refractivity contribution >= 4 is 8.32 Å². The fraction of sp³-hybridized carbons (Fsp3) is 0.895. The molecule has 1 rings (SSSR count). The van der Waals surface area contributed by atoms with Crippen molar-refractivity contribution in [1.82, 2.24) is 0 Å². The predicted octanol–water partition coefficient (Wildman–Crippen LogP) is 4.88. The van der Waals surface area contributed by atoms with E-state index in [9.17, 15) is 13.9 Å². The van der Waals surface area contributed by atoms with Crippen LogP contribution in [0.4, 0.5) is 8.78 Å². The Kier molecular flexibility index (Phi) is 6.60. The van der Waals surface area contributed by atoms with E-state index < -0.39 is 44.4 Å². The Balaban J connectivity index is 3.27. The molecule has 1 saturated heterocycles. The van der Waals surface area contributed by atoms with Crippen molar-refractivity contribution in [3.05, 3.63) is 11.6 Å². The molecular formula is C19H36F2O4Si. The molecule has 1 aliphatic rings. The first-order valence-corrected chi connectivity index (χ1v) is 12.0. The zero-order valence-electron chi connectivity index (χ0n) is 17.9. The molecule has 1 N–H and O–H groups in total. The van der Waals surface area contributed by atoms with Gasteiger partial charge in [0.25, 0.3) is 6.43 Å². The van der Waals surface area contributed by atoms with Gasteiger partial charge in [-0.25, -0.2) is 8.78 Å². The van der Waals surface area contributed by atoms with Gasteiger partial charge in [-0.2, -0.15) is 0 Å². The Morgan fingerprint density at radius 2 is 1.73 bits per heavy atom. The first-order chi connectivity index (χ1) is 11.4. The van der Waals surface area contributed by atoms with Crippen LogP contribution in [0.1, 0.15) is 55.4 Å². The molecule has 0 amide bonds. The number of hydrogen-bond acceptors (Lipinski definition) is 4. The molecule has 3 atom stereocenters. The highest BCUT2D eigenvalue weighted by Crippen LogP contribution is 2.45. The number of halogens is 2. The molecule has 0 bridgehead atoms. The van der Waals surface area contributed by atoms with Gasteiger partial charge in [0.15, 0.2) is 19.7 Å². The Labute approximate surface area is 158 Å². The summed E-state index contributed by atoms with van der Waals surface area (Å²) in [6.45, 7) is 18.2. The van der Waals surface area contributed by atoms with Gasteiger partial charge in [-0.15, -0.1) is 0 Å². The van der Waals surface area contributed by atoms with Crippen LogP contribution >= 0.6 is 0 Å². The minimum Gasteiger partial charge on any atom is -0.414 e. The molecule has 0 aromatic heterocycles. The zero-order valence-corrected chi connectivity index (χ0v) is 18.9. The maximum atomic E-state index is 14.1. The van der Waals surface area contributed by atoms with Crippen molar-refractivity contribution in [3.8, 4) is 0 Å². The number of hydrogen-bond donors (Lipinski definition) is 1. The van der Waals surface area contributed by atoms with E-state index in [0.29, 0.717) is 0 Å². The summed E-state index contributed by atoms with van der Waals surface area (Å²) in [4.78, 5) is 0. The van der Waals surface area contributed by atoms with E-state index in [1.165, 1.54) is 0 Å². The Morgan fingerprint density at radius 1 is 1.23 bits per heavy atom. The van der Waals surface area contributed by atoms with Crippen LogP contribution in [-0.4, -0.2) is 49.5 Å². The standard InChI is InChI=1S/C19H36F2O4Si/c1-13(2)11-18(8)14(24-17(6,7)25-18)19(22,15(20)21)12-23-26(9,10)16(3,4)5/h11,14-15,22H,12H2,1-10H3/t14-,18-,19+/m0/s1. The van der Waals surface area contributed by atoms with Gasteiger partial charge in [0.05, 0.1) is 6.61 Å². The number of ether oxygens (including phenoxy) is 2. The summed E-state index contributed by atoms with van der Waals surface area (Å²) in [5, 5.41) is 10.8. The first-order valence-electron chi connectivity index (χ1n) is 9.05. The van der Waals surface area contributed by atoms with Crippen LogP contribution in [0.15, 0.2) is 11.6 Å². The summed E-state index contributed by atoms with van der Waals surface area (Å²) in [5.41, 5.74) is -2.78. The van der Waals surface area contributed by atoms with Gasteiger partial charge >= 0.3 is 0 Å². The van der Waals surface area contributed by atoms with Crippen molar-refractivity contribution in [1.29, 1.82) is 0 Å². The van der Waals surface area contributed by atoms with Crippen molar-refractivity contribution in [2.75, 3.05) is 6.61 Å². The highest BCUT2D eigenvalue weighted by Gasteiger charge is 2.62. The lowest BCUT2D eigenvalue weighted by atomic mass is 9.84. The molecule has 7 heteroatoms. The molecule has 0 radical (unpaired) electrons. The molecule has 154 valence electrons. The van der Waals surface area contributed by atoms with Gasteiger partial charge in [0, 0.05) is 0 Å². The van der Waals surface area contributed by atoms with E-state index in [0.717, 1.165) is 5.57 Å². The third kappa shape index (κ3) is 4.92. The fourth-order valence-electron chi connectivity index (χ4n) is 3.05. The molecule has 1 fully saturated rings. The van der Waals surface area contributed by atoms with E-state index in [1.54, 1.807) is 26.8 Å². The number of alkyl halides is 2. The molecule has 26 heavy (non-hydrogen) atoms. The first kappa shape index (κ1) is 23.7. The average Bonchev–Trinajstić information content (AvgIpc) is 2.63. The van der Waals surface area contributed by atoms with Gasteiger partial charge < -0.3 is 19.0 Å². The van der Waals surface area contributed by atoms with Crippen LogP contribution in [0.3, 0.4) is 0 Å². The molecule has 0 spiro atoms. The van der Waals surface area contributed by atoms with Gasteiger partial charge in [0.2, 0.25) is 0 Å². The van der Waals surface area contributed by atoms with Crippen LogP contribution in [0.5, 0.6) is 0 Å². The molecule has 1 heterocycles. The monoisotopic (exact) mass is 394 g/mol.